The number of hydrogen-bond donors (Lipinski definition) is 2. The molecule has 0 saturated heterocycles. The average Bonchev–Trinajstić information content (AvgIpc) is 2.74. The zero-order valence-corrected chi connectivity index (χ0v) is 17.2. The van der Waals surface area contributed by atoms with E-state index in [0.717, 1.165) is 6.07 Å². The molecule has 30 heavy (non-hydrogen) atoms. The fraction of sp³-hybridized carbons (Fsp3) is 0.0526. The largest absolute Gasteiger partial charge is 0.295 e. The molecular weight excluding hydrogens is 430 g/mol. The van der Waals surface area contributed by atoms with E-state index in [4.69, 9.17) is 11.6 Å². The van der Waals surface area contributed by atoms with Crippen molar-refractivity contribution in [3.63, 3.8) is 0 Å². The molecule has 1 aromatic heterocycles. The van der Waals surface area contributed by atoms with Gasteiger partial charge in [-0.1, -0.05) is 17.7 Å². The van der Waals surface area contributed by atoms with Crippen molar-refractivity contribution in [2.75, 3.05) is 10.1 Å². The second-order valence-corrected chi connectivity index (χ2v) is 8.19. The normalized spacial score (nSPS) is 11.7. The molecule has 0 amide bonds. The Labute approximate surface area is 177 Å². The molecule has 0 radical (unpaired) electrons. The van der Waals surface area contributed by atoms with Gasteiger partial charge in [-0.15, -0.1) is 0 Å². The van der Waals surface area contributed by atoms with Crippen LogP contribution in [0.4, 0.5) is 17.1 Å². The van der Waals surface area contributed by atoms with Crippen LogP contribution in [0, 0.1) is 10.1 Å². The van der Waals surface area contributed by atoms with Crippen molar-refractivity contribution in [3.8, 4) is 0 Å². The van der Waals surface area contributed by atoms with E-state index in [0.29, 0.717) is 16.4 Å². The molecule has 0 aliphatic carbocycles. The van der Waals surface area contributed by atoms with E-state index in [9.17, 15) is 18.5 Å². The summed E-state index contributed by atoms with van der Waals surface area (Å²) in [6, 6.07) is 14.8. The van der Waals surface area contributed by atoms with Gasteiger partial charge in [-0.05, 0) is 55.5 Å². The highest BCUT2D eigenvalue weighted by Gasteiger charge is 2.21. The maximum atomic E-state index is 12.6. The first-order chi connectivity index (χ1) is 14.3. The van der Waals surface area contributed by atoms with E-state index in [1.807, 2.05) is 0 Å². The van der Waals surface area contributed by atoms with Gasteiger partial charge in [-0.25, -0.2) is 8.42 Å². The summed E-state index contributed by atoms with van der Waals surface area (Å²) in [5.41, 5.74) is 3.59. The van der Waals surface area contributed by atoms with E-state index in [1.165, 1.54) is 36.4 Å². The van der Waals surface area contributed by atoms with E-state index in [-0.39, 0.29) is 16.3 Å². The molecular formula is C19H16ClN5O4S. The van der Waals surface area contributed by atoms with Crippen molar-refractivity contribution >= 4 is 44.4 Å². The van der Waals surface area contributed by atoms with Gasteiger partial charge in [-0.3, -0.25) is 25.2 Å². The van der Waals surface area contributed by atoms with Crippen LogP contribution in [-0.2, 0) is 10.0 Å². The third kappa shape index (κ3) is 5.10. The van der Waals surface area contributed by atoms with Gasteiger partial charge in [0.25, 0.3) is 15.7 Å². The lowest BCUT2D eigenvalue weighted by atomic mass is 10.2. The lowest BCUT2D eigenvalue weighted by Crippen LogP contribution is -2.13. The number of nitro benzene ring substituents is 1. The van der Waals surface area contributed by atoms with Crippen LogP contribution in [0.3, 0.4) is 0 Å². The van der Waals surface area contributed by atoms with Crippen LogP contribution in [-0.4, -0.2) is 24.0 Å². The Morgan fingerprint density at radius 3 is 2.50 bits per heavy atom. The molecule has 9 nitrogen and oxygen atoms in total. The van der Waals surface area contributed by atoms with Crippen LogP contribution in [0.1, 0.15) is 12.6 Å². The first-order valence-corrected chi connectivity index (χ1v) is 10.4. The summed E-state index contributed by atoms with van der Waals surface area (Å²) in [5.74, 6) is 0. The summed E-state index contributed by atoms with van der Waals surface area (Å²) in [7, 11) is -4.04. The minimum atomic E-state index is -4.04. The standard InChI is InChI=1S/C19H16ClN5O4S/c1-13(17-4-2-3-11-21-17)22-23-18-10-9-16(12-19(18)25(26)27)30(28,29)24-15-7-5-14(20)6-8-15/h2-12,23-24H,1H3/b22-13+. The minimum Gasteiger partial charge on any atom is -0.280 e. The molecule has 0 fully saturated rings. The predicted octanol–water partition coefficient (Wildman–Crippen LogP) is 4.28. The van der Waals surface area contributed by atoms with E-state index in [1.54, 1.807) is 31.3 Å². The molecule has 154 valence electrons. The highest BCUT2D eigenvalue weighted by Crippen LogP contribution is 2.29. The highest BCUT2D eigenvalue weighted by molar-refractivity contribution is 7.92. The molecule has 0 spiro atoms. The molecule has 2 aromatic carbocycles. The number of nitrogens with one attached hydrogen (secondary N) is 2. The average molecular weight is 446 g/mol. The summed E-state index contributed by atoms with van der Waals surface area (Å²) in [6.07, 6.45) is 1.60. The second kappa shape index (κ2) is 8.89. The van der Waals surface area contributed by atoms with E-state index < -0.39 is 20.6 Å². The lowest BCUT2D eigenvalue weighted by Gasteiger charge is -2.10. The van der Waals surface area contributed by atoms with Crippen molar-refractivity contribution in [3.05, 3.63) is 87.7 Å². The van der Waals surface area contributed by atoms with Crippen molar-refractivity contribution in [2.24, 2.45) is 5.10 Å². The predicted molar refractivity (Wildman–Crippen MR) is 115 cm³/mol. The number of nitro groups is 1. The third-order valence-corrected chi connectivity index (χ3v) is 5.58. The number of anilines is 2. The van der Waals surface area contributed by atoms with Crippen LogP contribution in [0.2, 0.25) is 5.02 Å². The molecule has 0 saturated carbocycles. The van der Waals surface area contributed by atoms with Crippen molar-refractivity contribution in [1.82, 2.24) is 4.98 Å². The molecule has 3 aromatic rings. The fourth-order valence-corrected chi connectivity index (χ4v) is 3.64. The number of hydrazone groups is 1. The molecule has 3 rings (SSSR count). The summed E-state index contributed by atoms with van der Waals surface area (Å²) >= 11 is 5.79. The van der Waals surface area contributed by atoms with E-state index >= 15 is 0 Å². The van der Waals surface area contributed by atoms with Crippen LogP contribution in [0.15, 0.2) is 76.9 Å². The van der Waals surface area contributed by atoms with Gasteiger partial charge < -0.3 is 0 Å². The Morgan fingerprint density at radius 1 is 1.13 bits per heavy atom. The first kappa shape index (κ1) is 21.2. The number of hydrogen-bond acceptors (Lipinski definition) is 7. The van der Waals surface area contributed by atoms with Gasteiger partial charge in [-0.2, -0.15) is 5.10 Å². The quantitative estimate of drug-likeness (QED) is 0.317. The van der Waals surface area contributed by atoms with Gasteiger partial charge in [0.2, 0.25) is 0 Å². The highest BCUT2D eigenvalue weighted by atomic mass is 35.5. The summed E-state index contributed by atoms with van der Waals surface area (Å²) < 4.78 is 27.6. The maximum Gasteiger partial charge on any atom is 0.295 e. The van der Waals surface area contributed by atoms with E-state index in [2.05, 4.69) is 20.2 Å². The summed E-state index contributed by atoms with van der Waals surface area (Å²) in [4.78, 5) is 14.7. The molecule has 0 aliphatic heterocycles. The van der Waals surface area contributed by atoms with Crippen LogP contribution >= 0.6 is 11.6 Å². The minimum absolute atomic E-state index is 0.0423. The maximum absolute atomic E-state index is 12.6. The number of rotatable bonds is 7. The Kier molecular flexibility index (Phi) is 6.28. The number of nitrogens with zero attached hydrogens (tertiary/aromatic N) is 3. The Hall–Kier alpha value is -3.50. The van der Waals surface area contributed by atoms with Crippen molar-refractivity contribution < 1.29 is 13.3 Å². The fourth-order valence-electron chi connectivity index (χ4n) is 2.43. The molecule has 11 heteroatoms. The number of pyridine rings is 1. The topological polar surface area (TPSA) is 127 Å². The Morgan fingerprint density at radius 2 is 1.87 bits per heavy atom. The number of aromatic nitrogens is 1. The smallest absolute Gasteiger partial charge is 0.280 e. The molecule has 2 N–H and O–H groups in total. The van der Waals surface area contributed by atoms with Crippen molar-refractivity contribution in [2.45, 2.75) is 11.8 Å². The molecule has 0 bridgehead atoms. The van der Waals surface area contributed by atoms with Gasteiger partial charge >= 0.3 is 0 Å². The number of halogens is 1. The molecule has 0 aliphatic rings. The van der Waals surface area contributed by atoms with Crippen LogP contribution in [0.5, 0.6) is 0 Å². The summed E-state index contributed by atoms with van der Waals surface area (Å²) in [6.45, 7) is 1.69. The molecule has 1 heterocycles. The van der Waals surface area contributed by atoms with Gasteiger partial charge in [0.15, 0.2) is 0 Å². The van der Waals surface area contributed by atoms with Crippen LogP contribution < -0.4 is 10.1 Å². The lowest BCUT2D eigenvalue weighted by molar-refractivity contribution is -0.384. The van der Waals surface area contributed by atoms with Crippen molar-refractivity contribution in [1.29, 1.82) is 0 Å². The Bertz CT molecular complexity index is 1200. The molecule has 0 atom stereocenters. The number of sulfonamides is 1. The van der Waals surface area contributed by atoms with Gasteiger partial charge in [0.1, 0.15) is 5.69 Å². The van der Waals surface area contributed by atoms with Gasteiger partial charge in [0.05, 0.1) is 21.2 Å². The SMILES string of the molecule is C/C(=N\Nc1ccc(S(=O)(=O)Nc2ccc(Cl)cc2)cc1[N+](=O)[O-])c1ccccn1. The summed E-state index contributed by atoms with van der Waals surface area (Å²) in [5, 5.41) is 16.0. The zero-order chi connectivity index (χ0) is 21.7. The third-order valence-electron chi connectivity index (χ3n) is 3.95. The first-order valence-electron chi connectivity index (χ1n) is 8.55. The second-order valence-electron chi connectivity index (χ2n) is 6.07. The zero-order valence-electron chi connectivity index (χ0n) is 15.6. The monoisotopic (exact) mass is 445 g/mol. The van der Waals surface area contributed by atoms with Gasteiger partial charge in [0, 0.05) is 23.0 Å². The van der Waals surface area contributed by atoms with Crippen LogP contribution in [0.25, 0.3) is 0 Å². The Balaban J connectivity index is 1.87. The molecule has 0 unspecified atom stereocenters. The number of benzene rings is 2.